The molecule has 0 aromatic carbocycles. The van der Waals surface area contributed by atoms with Crippen LogP contribution < -0.4 is 5.32 Å². The lowest BCUT2D eigenvalue weighted by Crippen LogP contribution is -2.04. The molecule has 0 aliphatic heterocycles. The smallest absolute Gasteiger partial charge is 0.321 e. The number of nitrogens with zero attached hydrogens (tertiary/aromatic N) is 2. The summed E-state index contributed by atoms with van der Waals surface area (Å²) >= 11 is 0. The SMILES string of the molecule is CCC1CC1CNc1nc(C)no1. The third-order valence-electron chi connectivity index (χ3n) is 2.64. The molecule has 1 aliphatic carbocycles. The summed E-state index contributed by atoms with van der Waals surface area (Å²) in [5.41, 5.74) is 0. The van der Waals surface area contributed by atoms with Gasteiger partial charge in [-0.05, 0) is 25.2 Å². The Labute approximate surface area is 77.7 Å². The summed E-state index contributed by atoms with van der Waals surface area (Å²) in [4.78, 5) is 4.07. The maximum Gasteiger partial charge on any atom is 0.321 e. The van der Waals surface area contributed by atoms with Crippen molar-refractivity contribution in [2.45, 2.75) is 26.7 Å². The third-order valence-corrected chi connectivity index (χ3v) is 2.64. The van der Waals surface area contributed by atoms with Gasteiger partial charge >= 0.3 is 6.01 Å². The summed E-state index contributed by atoms with van der Waals surface area (Å²) in [6.07, 6.45) is 2.63. The molecule has 1 aliphatic rings. The predicted molar refractivity (Wildman–Crippen MR) is 49.4 cm³/mol. The van der Waals surface area contributed by atoms with Crippen molar-refractivity contribution < 1.29 is 4.52 Å². The van der Waals surface area contributed by atoms with E-state index in [9.17, 15) is 0 Å². The van der Waals surface area contributed by atoms with E-state index < -0.39 is 0 Å². The van der Waals surface area contributed by atoms with Gasteiger partial charge in [0.05, 0.1) is 0 Å². The highest BCUT2D eigenvalue weighted by atomic mass is 16.5. The lowest BCUT2D eigenvalue weighted by molar-refractivity contribution is 0.424. The van der Waals surface area contributed by atoms with Crippen molar-refractivity contribution >= 4 is 6.01 Å². The van der Waals surface area contributed by atoms with Crippen LogP contribution in [0.3, 0.4) is 0 Å². The first-order valence-corrected chi connectivity index (χ1v) is 4.83. The fourth-order valence-electron chi connectivity index (χ4n) is 1.65. The van der Waals surface area contributed by atoms with E-state index in [4.69, 9.17) is 4.52 Å². The van der Waals surface area contributed by atoms with E-state index in [0.29, 0.717) is 11.8 Å². The molecule has 4 heteroatoms. The zero-order valence-electron chi connectivity index (χ0n) is 8.08. The summed E-state index contributed by atoms with van der Waals surface area (Å²) in [5.74, 6) is 2.42. The summed E-state index contributed by atoms with van der Waals surface area (Å²) in [5, 5.41) is 6.86. The lowest BCUT2D eigenvalue weighted by Gasteiger charge is -1.97. The van der Waals surface area contributed by atoms with Gasteiger partial charge < -0.3 is 9.84 Å². The molecule has 1 heterocycles. The van der Waals surface area contributed by atoms with Gasteiger partial charge in [0.2, 0.25) is 0 Å². The van der Waals surface area contributed by atoms with E-state index >= 15 is 0 Å². The molecule has 0 bridgehead atoms. The Kier molecular flexibility index (Phi) is 2.20. The number of nitrogens with one attached hydrogen (secondary N) is 1. The molecule has 72 valence electrons. The summed E-state index contributed by atoms with van der Waals surface area (Å²) in [6.45, 7) is 5.03. The highest BCUT2D eigenvalue weighted by molar-refractivity contribution is 5.18. The van der Waals surface area contributed by atoms with Crippen molar-refractivity contribution in [2.75, 3.05) is 11.9 Å². The Morgan fingerprint density at radius 1 is 1.54 bits per heavy atom. The molecular formula is C9H15N3O. The fourth-order valence-corrected chi connectivity index (χ4v) is 1.65. The van der Waals surface area contributed by atoms with Gasteiger partial charge in [0.25, 0.3) is 0 Å². The minimum atomic E-state index is 0.555. The van der Waals surface area contributed by atoms with E-state index in [0.717, 1.165) is 18.4 Å². The molecule has 1 aromatic rings. The highest BCUT2D eigenvalue weighted by Crippen LogP contribution is 2.40. The second-order valence-electron chi connectivity index (χ2n) is 3.69. The lowest BCUT2D eigenvalue weighted by atomic mass is 10.2. The summed E-state index contributed by atoms with van der Waals surface area (Å²) < 4.78 is 4.94. The van der Waals surface area contributed by atoms with Gasteiger partial charge in [-0.3, -0.25) is 0 Å². The Morgan fingerprint density at radius 2 is 2.38 bits per heavy atom. The molecule has 2 unspecified atom stereocenters. The van der Waals surface area contributed by atoms with Crippen LogP contribution in [0.4, 0.5) is 6.01 Å². The number of rotatable bonds is 4. The molecule has 0 spiro atoms. The first-order valence-electron chi connectivity index (χ1n) is 4.83. The van der Waals surface area contributed by atoms with Crippen molar-refractivity contribution in [1.82, 2.24) is 10.1 Å². The zero-order chi connectivity index (χ0) is 9.26. The van der Waals surface area contributed by atoms with Gasteiger partial charge in [-0.2, -0.15) is 4.98 Å². The molecule has 2 atom stereocenters. The first-order chi connectivity index (χ1) is 6.29. The summed E-state index contributed by atoms with van der Waals surface area (Å²) in [7, 11) is 0. The van der Waals surface area contributed by atoms with Gasteiger partial charge in [0, 0.05) is 6.54 Å². The van der Waals surface area contributed by atoms with Gasteiger partial charge in [-0.25, -0.2) is 0 Å². The molecule has 1 aromatic heterocycles. The number of aromatic nitrogens is 2. The van der Waals surface area contributed by atoms with Gasteiger partial charge in [0.1, 0.15) is 0 Å². The van der Waals surface area contributed by atoms with E-state index in [1.54, 1.807) is 0 Å². The molecular weight excluding hydrogens is 166 g/mol. The minimum absolute atomic E-state index is 0.555. The Hall–Kier alpha value is -1.06. The highest BCUT2D eigenvalue weighted by Gasteiger charge is 2.34. The van der Waals surface area contributed by atoms with Gasteiger partial charge in [-0.15, -0.1) is 0 Å². The van der Waals surface area contributed by atoms with E-state index in [1.165, 1.54) is 12.8 Å². The van der Waals surface area contributed by atoms with Crippen molar-refractivity contribution in [1.29, 1.82) is 0 Å². The fraction of sp³-hybridized carbons (Fsp3) is 0.778. The molecule has 4 nitrogen and oxygen atoms in total. The predicted octanol–water partition coefficient (Wildman–Crippen LogP) is 1.84. The largest absolute Gasteiger partial charge is 0.337 e. The normalized spacial score (nSPS) is 26.0. The molecule has 1 N–H and O–H groups in total. The average Bonchev–Trinajstić information content (AvgIpc) is 2.78. The van der Waals surface area contributed by atoms with Gasteiger partial charge in [0.15, 0.2) is 5.82 Å². The van der Waals surface area contributed by atoms with Crippen LogP contribution in [0.1, 0.15) is 25.6 Å². The summed E-state index contributed by atoms with van der Waals surface area (Å²) in [6, 6.07) is 0.555. The van der Waals surface area contributed by atoms with Crippen molar-refractivity contribution in [3.05, 3.63) is 5.82 Å². The van der Waals surface area contributed by atoms with Crippen LogP contribution in [-0.4, -0.2) is 16.7 Å². The second-order valence-corrected chi connectivity index (χ2v) is 3.69. The third kappa shape index (κ3) is 1.99. The van der Waals surface area contributed by atoms with Gasteiger partial charge in [-0.1, -0.05) is 18.5 Å². The molecule has 13 heavy (non-hydrogen) atoms. The Bertz CT molecular complexity index is 284. The van der Waals surface area contributed by atoms with E-state index in [1.807, 2.05) is 6.92 Å². The average molecular weight is 181 g/mol. The quantitative estimate of drug-likeness (QED) is 0.770. The first kappa shape index (κ1) is 8.53. The van der Waals surface area contributed by atoms with Crippen LogP contribution in [0.15, 0.2) is 4.52 Å². The van der Waals surface area contributed by atoms with E-state index in [2.05, 4.69) is 22.4 Å². The van der Waals surface area contributed by atoms with Crippen molar-refractivity contribution in [2.24, 2.45) is 11.8 Å². The molecule has 0 radical (unpaired) electrons. The number of hydrogen-bond acceptors (Lipinski definition) is 4. The van der Waals surface area contributed by atoms with Crippen molar-refractivity contribution in [3.8, 4) is 0 Å². The van der Waals surface area contributed by atoms with Crippen LogP contribution in [0.2, 0.25) is 0 Å². The van der Waals surface area contributed by atoms with Crippen LogP contribution in [0.5, 0.6) is 0 Å². The van der Waals surface area contributed by atoms with Crippen LogP contribution in [-0.2, 0) is 0 Å². The molecule has 1 fully saturated rings. The molecule has 1 saturated carbocycles. The van der Waals surface area contributed by atoms with Crippen molar-refractivity contribution in [3.63, 3.8) is 0 Å². The van der Waals surface area contributed by atoms with E-state index in [-0.39, 0.29) is 0 Å². The molecule has 2 rings (SSSR count). The maximum absolute atomic E-state index is 4.94. The van der Waals surface area contributed by atoms with Crippen LogP contribution >= 0.6 is 0 Å². The topological polar surface area (TPSA) is 51.0 Å². The number of aryl methyl sites for hydroxylation is 1. The maximum atomic E-state index is 4.94. The monoisotopic (exact) mass is 181 g/mol. The second kappa shape index (κ2) is 3.36. The molecule has 0 amide bonds. The zero-order valence-corrected chi connectivity index (χ0v) is 8.08. The number of anilines is 1. The van der Waals surface area contributed by atoms with Crippen LogP contribution in [0, 0.1) is 18.8 Å². The standard InChI is InChI=1S/C9H15N3O/c1-3-7-4-8(7)5-10-9-11-6(2)12-13-9/h7-8H,3-5H2,1-2H3,(H,10,11,12). The Morgan fingerprint density at radius 3 is 2.92 bits per heavy atom. The Balaban J connectivity index is 1.75. The molecule has 0 saturated heterocycles. The van der Waals surface area contributed by atoms with Crippen LogP contribution in [0.25, 0.3) is 0 Å². The number of hydrogen-bond donors (Lipinski definition) is 1. The minimum Gasteiger partial charge on any atom is -0.337 e.